The van der Waals surface area contributed by atoms with Crippen LogP contribution in [-0.4, -0.2) is 39.4 Å². The zero-order valence-corrected chi connectivity index (χ0v) is 27.3. The van der Waals surface area contributed by atoms with Gasteiger partial charge < -0.3 is 24.2 Å². The van der Waals surface area contributed by atoms with Crippen LogP contribution >= 0.6 is 23.5 Å². The normalized spacial score (nSPS) is 13.5. The van der Waals surface area contributed by atoms with Crippen molar-refractivity contribution >= 4 is 51.7 Å². The average molecular weight is 640 g/mol. The number of nitrogens with one attached hydrogen (secondary N) is 2. The molecule has 0 bridgehead atoms. The van der Waals surface area contributed by atoms with Crippen LogP contribution in [0.5, 0.6) is 0 Å². The number of carbonyl (C=O) groups is 1. The highest BCUT2D eigenvalue weighted by Gasteiger charge is 2.35. The summed E-state index contributed by atoms with van der Waals surface area (Å²) in [7, 11) is 1.78. The predicted octanol–water partition coefficient (Wildman–Crippen LogP) is 8.80. The summed E-state index contributed by atoms with van der Waals surface area (Å²) < 4.78 is 50.7. The van der Waals surface area contributed by atoms with Crippen molar-refractivity contribution in [2.24, 2.45) is 7.05 Å². The first-order valence-corrected chi connectivity index (χ1v) is 15.7. The molecule has 2 atom stereocenters. The highest BCUT2D eigenvalue weighted by Crippen LogP contribution is 2.39. The molecule has 0 spiro atoms. The van der Waals surface area contributed by atoms with Gasteiger partial charge in [-0.2, -0.15) is 13.2 Å². The summed E-state index contributed by atoms with van der Waals surface area (Å²) in [6.07, 6.45) is 1.89. The van der Waals surface area contributed by atoms with Gasteiger partial charge in [0.25, 0.3) is 5.91 Å². The summed E-state index contributed by atoms with van der Waals surface area (Å²) >= 11 is 7.61. The Kier molecular flexibility index (Phi) is 11.3. The van der Waals surface area contributed by atoms with Gasteiger partial charge in [0.15, 0.2) is 5.88 Å². The Balaban J connectivity index is 1.76. The molecule has 0 fully saturated rings. The number of aromatic nitrogens is 2. The van der Waals surface area contributed by atoms with E-state index < -0.39 is 17.5 Å². The third-order valence-corrected chi connectivity index (χ3v) is 7.81. The van der Waals surface area contributed by atoms with Gasteiger partial charge in [0, 0.05) is 42.0 Å². The second-order valence-corrected chi connectivity index (χ2v) is 12.8. The summed E-state index contributed by atoms with van der Waals surface area (Å²) in [6, 6.07) is 7.26. The van der Waals surface area contributed by atoms with Crippen LogP contribution < -0.4 is 14.9 Å². The molecule has 3 rings (SSSR count). The molecule has 12 heteroatoms. The van der Waals surface area contributed by atoms with Crippen LogP contribution in [0.1, 0.15) is 76.5 Å². The van der Waals surface area contributed by atoms with Crippen LogP contribution in [0.2, 0.25) is 5.02 Å². The summed E-state index contributed by atoms with van der Waals surface area (Å²) in [4.78, 5) is 17.0. The van der Waals surface area contributed by atoms with E-state index in [4.69, 9.17) is 16.3 Å². The highest BCUT2D eigenvalue weighted by molar-refractivity contribution is 8.00. The fourth-order valence-electron chi connectivity index (χ4n) is 4.89. The predicted molar refractivity (Wildman–Crippen MR) is 172 cm³/mol. The number of halogens is 4. The van der Waals surface area contributed by atoms with E-state index in [0.29, 0.717) is 46.2 Å². The molecule has 2 heterocycles. The number of rotatable bonds is 13. The van der Waals surface area contributed by atoms with E-state index in [9.17, 15) is 18.0 Å². The smallest absolute Gasteiger partial charge is 0.433 e. The molecule has 0 aliphatic rings. The molecule has 0 saturated carbocycles. The largest absolute Gasteiger partial charge is 0.474 e. The van der Waals surface area contributed by atoms with Gasteiger partial charge in [0.1, 0.15) is 17.0 Å². The Labute approximate surface area is 261 Å². The molecular formula is C31H41ClF3N5O2S. The highest BCUT2D eigenvalue weighted by atomic mass is 35.5. The van der Waals surface area contributed by atoms with Crippen LogP contribution in [0.4, 0.5) is 24.5 Å². The molecule has 0 aliphatic heterocycles. The summed E-state index contributed by atoms with van der Waals surface area (Å²) in [6.45, 7) is 13.6. The molecule has 2 aromatic heterocycles. The lowest BCUT2D eigenvalue weighted by atomic mass is 10.0. The number of anilines is 2. The monoisotopic (exact) mass is 639 g/mol. The number of hydrogen-bond donors (Lipinski definition) is 2. The van der Waals surface area contributed by atoms with Crippen molar-refractivity contribution in [3.05, 3.63) is 65.4 Å². The zero-order chi connectivity index (χ0) is 32.1. The van der Waals surface area contributed by atoms with Gasteiger partial charge in [-0.15, -0.1) is 0 Å². The van der Waals surface area contributed by atoms with E-state index in [-0.39, 0.29) is 23.5 Å². The minimum Gasteiger partial charge on any atom is -0.474 e. The van der Waals surface area contributed by atoms with Gasteiger partial charge in [-0.25, -0.2) is 4.98 Å². The molecular weight excluding hydrogens is 599 g/mol. The second kappa shape index (κ2) is 14.2. The molecule has 0 aliphatic carbocycles. The van der Waals surface area contributed by atoms with E-state index in [1.807, 2.05) is 45.2 Å². The third kappa shape index (κ3) is 9.47. The summed E-state index contributed by atoms with van der Waals surface area (Å²) in [5.74, 6) is 0.147. The maximum absolute atomic E-state index is 13.8. The molecule has 0 radical (unpaired) electrons. The summed E-state index contributed by atoms with van der Waals surface area (Å²) in [5.41, 5.74) is 0.438. The number of amides is 1. The number of benzene rings is 1. The van der Waals surface area contributed by atoms with E-state index in [1.165, 1.54) is 18.0 Å². The van der Waals surface area contributed by atoms with Crippen molar-refractivity contribution in [1.29, 1.82) is 0 Å². The van der Waals surface area contributed by atoms with Crippen LogP contribution in [0.15, 0.2) is 49.0 Å². The fraction of sp³-hybridized carbons (Fsp3) is 0.484. The minimum atomic E-state index is -4.59. The van der Waals surface area contributed by atoms with Gasteiger partial charge in [0.05, 0.1) is 16.9 Å². The lowest BCUT2D eigenvalue weighted by molar-refractivity contribution is -0.140. The standard InChI is InChI=1S/C31H41ClF3N5O2S/c1-9-10-23(40(43-8)26-17-28(31(33,34)35)38-25-14-12-21(32)15-24(25)26)13-11-19(2)36-29(41)27-16-22(18-39(27)7)37-20(3)42-30(4,5)6/h12,14-19,23,37H,3,9-11,13H2,1-2,4-8H3,(H,36,41). The van der Waals surface area contributed by atoms with Gasteiger partial charge in [-0.1, -0.05) is 36.9 Å². The number of pyridine rings is 1. The number of alkyl halides is 3. The summed E-state index contributed by atoms with van der Waals surface area (Å²) in [5, 5.41) is 7.11. The van der Waals surface area contributed by atoms with Crippen molar-refractivity contribution in [2.45, 2.75) is 84.2 Å². The van der Waals surface area contributed by atoms with Crippen molar-refractivity contribution in [3.63, 3.8) is 0 Å². The van der Waals surface area contributed by atoms with E-state index >= 15 is 0 Å². The van der Waals surface area contributed by atoms with Crippen LogP contribution in [0, 0.1) is 0 Å². The van der Waals surface area contributed by atoms with Crippen LogP contribution in [0.3, 0.4) is 0 Å². The SMILES string of the molecule is C=C(Nc1cc(C(=O)NC(C)CCC(CCC)N(SC)c2cc(C(F)(F)F)nc3ccc(Cl)cc23)n(C)c1)OC(C)(C)C. The van der Waals surface area contributed by atoms with Crippen LogP contribution in [0.25, 0.3) is 10.9 Å². The molecule has 1 amide bonds. The van der Waals surface area contributed by atoms with E-state index in [1.54, 1.807) is 36.0 Å². The fourth-order valence-corrected chi connectivity index (χ4v) is 5.92. The third-order valence-electron chi connectivity index (χ3n) is 6.69. The number of carbonyl (C=O) groups excluding carboxylic acids is 1. The zero-order valence-electron chi connectivity index (χ0n) is 25.7. The van der Waals surface area contributed by atoms with E-state index in [0.717, 1.165) is 18.9 Å². The number of aryl methyl sites for hydroxylation is 1. The Morgan fingerprint density at radius 3 is 2.49 bits per heavy atom. The first kappa shape index (κ1) is 34.4. The second-order valence-electron chi connectivity index (χ2n) is 11.6. The first-order chi connectivity index (χ1) is 20.0. The molecule has 1 aromatic carbocycles. The van der Waals surface area contributed by atoms with E-state index in [2.05, 4.69) is 22.2 Å². The first-order valence-electron chi connectivity index (χ1n) is 14.2. The Morgan fingerprint density at radius 2 is 1.88 bits per heavy atom. The molecule has 7 nitrogen and oxygen atoms in total. The molecule has 236 valence electrons. The van der Waals surface area contributed by atoms with Gasteiger partial charge in [-0.3, -0.25) is 4.79 Å². The molecule has 43 heavy (non-hydrogen) atoms. The number of fused-ring (bicyclic) bond motifs is 1. The lowest BCUT2D eigenvalue weighted by Gasteiger charge is -2.33. The number of hydrogen-bond acceptors (Lipinski definition) is 6. The molecule has 0 saturated heterocycles. The Hall–Kier alpha value is -3.05. The van der Waals surface area contributed by atoms with Gasteiger partial charge in [0.2, 0.25) is 0 Å². The lowest BCUT2D eigenvalue weighted by Crippen LogP contribution is -2.36. The van der Waals surface area contributed by atoms with Crippen molar-refractivity contribution in [2.75, 3.05) is 15.9 Å². The average Bonchev–Trinajstić information content (AvgIpc) is 3.25. The number of ether oxygens (including phenoxy) is 1. The van der Waals surface area contributed by atoms with Crippen molar-refractivity contribution in [1.82, 2.24) is 14.9 Å². The maximum Gasteiger partial charge on any atom is 0.433 e. The maximum atomic E-state index is 13.8. The van der Waals surface area contributed by atoms with Crippen LogP contribution in [-0.2, 0) is 18.0 Å². The quantitative estimate of drug-likeness (QED) is 0.144. The van der Waals surface area contributed by atoms with Crippen molar-refractivity contribution < 1.29 is 22.7 Å². The van der Waals surface area contributed by atoms with Gasteiger partial charge >= 0.3 is 6.18 Å². The Bertz CT molecular complexity index is 1440. The topological polar surface area (TPSA) is 71.4 Å². The molecule has 3 aromatic rings. The minimum absolute atomic E-state index is 0.0929. The molecule has 2 unspecified atom stereocenters. The molecule has 2 N–H and O–H groups in total. The Morgan fingerprint density at radius 1 is 1.19 bits per heavy atom. The van der Waals surface area contributed by atoms with Crippen molar-refractivity contribution in [3.8, 4) is 0 Å². The number of nitrogens with zero attached hydrogens (tertiary/aromatic N) is 3. The van der Waals surface area contributed by atoms with Gasteiger partial charge in [-0.05, 0) is 83.9 Å².